The highest BCUT2D eigenvalue weighted by Crippen LogP contribution is 2.20. The molecule has 3 nitrogen and oxygen atoms in total. The van der Waals surface area contributed by atoms with Gasteiger partial charge < -0.3 is 11.2 Å². The van der Waals surface area contributed by atoms with E-state index in [-0.39, 0.29) is 0 Å². The predicted molar refractivity (Wildman–Crippen MR) is 43.7 cm³/mol. The molecule has 54 valence electrons. The third kappa shape index (κ3) is 1.32. The summed E-state index contributed by atoms with van der Waals surface area (Å²) in [4.78, 5) is 0. The molecule has 10 heavy (non-hydrogen) atoms. The highest BCUT2D eigenvalue weighted by molar-refractivity contribution is 6.31. The lowest BCUT2D eigenvalue weighted by Gasteiger charge is -2.02. The topological polar surface area (TPSA) is 64.1 Å². The molecule has 0 bridgehead atoms. The standard InChI is InChI=1S/C6H8ClN3/c7-4-1-2-6(10-9)5(8)3-4/h1-3,10H,8-9H2. The van der Waals surface area contributed by atoms with Gasteiger partial charge in [-0.1, -0.05) is 11.6 Å². The number of halogens is 1. The SMILES string of the molecule is NNc1ccc(Cl)cc1N. The molecule has 0 saturated heterocycles. The lowest BCUT2D eigenvalue weighted by molar-refractivity contribution is 1.35. The number of hydrazine groups is 1. The molecule has 0 spiro atoms. The number of hydrogen-bond acceptors (Lipinski definition) is 3. The normalized spacial score (nSPS) is 9.40. The second-order valence-corrected chi connectivity index (χ2v) is 2.31. The van der Waals surface area contributed by atoms with Gasteiger partial charge in [-0.25, -0.2) is 0 Å². The number of hydrogen-bond donors (Lipinski definition) is 3. The summed E-state index contributed by atoms with van der Waals surface area (Å²) in [6.45, 7) is 0. The first-order valence-corrected chi connectivity index (χ1v) is 3.13. The Bertz CT molecular complexity index is 236. The molecule has 0 aliphatic heterocycles. The maximum absolute atomic E-state index is 5.63. The molecule has 0 saturated carbocycles. The van der Waals surface area contributed by atoms with Gasteiger partial charge in [0.15, 0.2) is 0 Å². The Morgan fingerprint density at radius 3 is 2.60 bits per heavy atom. The quantitative estimate of drug-likeness (QED) is 0.326. The van der Waals surface area contributed by atoms with E-state index in [1.165, 1.54) is 0 Å². The van der Waals surface area contributed by atoms with Gasteiger partial charge in [0.1, 0.15) is 0 Å². The van der Waals surface area contributed by atoms with Crippen LogP contribution < -0.4 is 17.0 Å². The Morgan fingerprint density at radius 2 is 2.10 bits per heavy atom. The minimum absolute atomic E-state index is 0.551. The molecule has 0 radical (unpaired) electrons. The van der Waals surface area contributed by atoms with E-state index in [1.807, 2.05) is 0 Å². The van der Waals surface area contributed by atoms with Crippen LogP contribution in [0.2, 0.25) is 5.02 Å². The second kappa shape index (κ2) is 2.77. The minimum Gasteiger partial charge on any atom is -0.397 e. The van der Waals surface area contributed by atoms with Gasteiger partial charge in [-0.15, -0.1) is 0 Å². The van der Waals surface area contributed by atoms with Crippen molar-refractivity contribution in [2.75, 3.05) is 11.2 Å². The zero-order chi connectivity index (χ0) is 7.56. The molecule has 1 rings (SSSR count). The number of nitrogens with one attached hydrogen (secondary N) is 1. The molecule has 0 atom stereocenters. The number of anilines is 2. The lowest BCUT2D eigenvalue weighted by Crippen LogP contribution is -2.08. The summed E-state index contributed by atoms with van der Waals surface area (Å²) in [5, 5.41) is 0.608. The van der Waals surface area contributed by atoms with Gasteiger partial charge >= 0.3 is 0 Å². The van der Waals surface area contributed by atoms with Crippen molar-refractivity contribution in [3.05, 3.63) is 23.2 Å². The van der Waals surface area contributed by atoms with E-state index in [0.29, 0.717) is 16.4 Å². The van der Waals surface area contributed by atoms with Crippen molar-refractivity contribution < 1.29 is 0 Å². The highest BCUT2D eigenvalue weighted by Gasteiger charge is 1.95. The molecule has 0 aliphatic carbocycles. The summed E-state index contributed by atoms with van der Waals surface area (Å²) >= 11 is 5.63. The molecule has 1 aromatic rings. The summed E-state index contributed by atoms with van der Waals surface area (Å²) in [6.07, 6.45) is 0. The molecular weight excluding hydrogens is 150 g/mol. The molecule has 0 heterocycles. The molecule has 0 unspecified atom stereocenters. The van der Waals surface area contributed by atoms with E-state index in [9.17, 15) is 0 Å². The van der Waals surface area contributed by atoms with Crippen molar-refractivity contribution in [2.45, 2.75) is 0 Å². The van der Waals surface area contributed by atoms with E-state index in [0.717, 1.165) is 0 Å². The average Bonchev–Trinajstić information content (AvgIpc) is 1.88. The first-order valence-electron chi connectivity index (χ1n) is 2.75. The molecule has 0 aliphatic rings. The van der Waals surface area contributed by atoms with Crippen LogP contribution in [0.25, 0.3) is 0 Å². The Labute approximate surface area is 63.9 Å². The van der Waals surface area contributed by atoms with Gasteiger partial charge in [-0.2, -0.15) is 0 Å². The van der Waals surface area contributed by atoms with E-state index in [4.69, 9.17) is 23.2 Å². The van der Waals surface area contributed by atoms with Gasteiger partial charge in [0.25, 0.3) is 0 Å². The van der Waals surface area contributed by atoms with Gasteiger partial charge in [-0.05, 0) is 18.2 Å². The van der Waals surface area contributed by atoms with E-state index < -0.39 is 0 Å². The maximum atomic E-state index is 5.63. The summed E-state index contributed by atoms with van der Waals surface area (Å²) in [5.41, 5.74) is 9.18. The van der Waals surface area contributed by atoms with Crippen LogP contribution in [0.15, 0.2) is 18.2 Å². The largest absolute Gasteiger partial charge is 0.397 e. The van der Waals surface area contributed by atoms with Crippen molar-refractivity contribution >= 4 is 23.0 Å². The minimum atomic E-state index is 0.551. The van der Waals surface area contributed by atoms with E-state index in [2.05, 4.69) is 5.43 Å². The third-order valence-corrected chi connectivity index (χ3v) is 1.40. The monoisotopic (exact) mass is 157 g/mol. The number of benzene rings is 1. The Morgan fingerprint density at radius 1 is 1.40 bits per heavy atom. The third-order valence-electron chi connectivity index (χ3n) is 1.17. The zero-order valence-electron chi connectivity index (χ0n) is 5.26. The van der Waals surface area contributed by atoms with Crippen LogP contribution in [-0.4, -0.2) is 0 Å². The van der Waals surface area contributed by atoms with Gasteiger partial charge in [-0.3, -0.25) is 5.84 Å². The van der Waals surface area contributed by atoms with Crippen molar-refractivity contribution in [2.24, 2.45) is 5.84 Å². The molecular formula is C6H8ClN3. The first kappa shape index (κ1) is 7.18. The molecule has 0 amide bonds. The Balaban J connectivity index is 3.07. The Kier molecular flexibility index (Phi) is 1.99. The van der Waals surface area contributed by atoms with Crippen LogP contribution in [0.4, 0.5) is 11.4 Å². The number of rotatable bonds is 1. The fourth-order valence-corrected chi connectivity index (χ4v) is 0.846. The highest BCUT2D eigenvalue weighted by atomic mass is 35.5. The molecule has 0 aromatic heterocycles. The molecule has 5 N–H and O–H groups in total. The Hall–Kier alpha value is -0.930. The van der Waals surface area contributed by atoms with Crippen LogP contribution in [0.5, 0.6) is 0 Å². The number of nitrogen functional groups attached to an aromatic ring is 2. The van der Waals surface area contributed by atoms with Crippen molar-refractivity contribution in [1.29, 1.82) is 0 Å². The maximum Gasteiger partial charge on any atom is 0.0717 e. The van der Waals surface area contributed by atoms with Gasteiger partial charge in [0, 0.05) is 5.02 Å². The van der Waals surface area contributed by atoms with Crippen molar-refractivity contribution in [1.82, 2.24) is 0 Å². The fraction of sp³-hybridized carbons (Fsp3) is 0. The van der Waals surface area contributed by atoms with Crippen LogP contribution in [0, 0.1) is 0 Å². The average molecular weight is 158 g/mol. The van der Waals surface area contributed by atoms with Gasteiger partial charge in [0.05, 0.1) is 11.4 Å². The summed E-state index contributed by atoms with van der Waals surface area (Å²) in [7, 11) is 0. The van der Waals surface area contributed by atoms with E-state index >= 15 is 0 Å². The van der Waals surface area contributed by atoms with Gasteiger partial charge in [0.2, 0.25) is 0 Å². The van der Waals surface area contributed by atoms with Crippen molar-refractivity contribution in [3.8, 4) is 0 Å². The number of nitrogens with two attached hydrogens (primary N) is 2. The van der Waals surface area contributed by atoms with Crippen LogP contribution >= 0.6 is 11.6 Å². The predicted octanol–water partition coefficient (Wildman–Crippen LogP) is 1.21. The zero-order valence-corrected chi connectivity index (χ0v) is 6.02. The summed E-state index contributed by atoms with van der Waals surface area (Å²) in [5.74, 6) is 5.13. The second-order valence-electron chi connectivity index (χ2n) is 1.88. The molecule has 4 heteroatoms. The smallest absolute Gasteiger partial charge is 0.0717 e. The molecule has 1 aromatic carbocycles. The molecule has 0 fully saturated rings. The first-order chi connectivity index (χ1) is 4.74. The van der Waals surface area contributed by atoms with Crippen molar-refractivity contribution in [3.63, 3.8) is 0 Å². The fourth-order valence-electron chi connectivity index (χ4n) is 0.665. The summed E-state index contributed by atoms with van der Waals surface area (Å²) in [6, 6.07) is 5.07. The summed E-state index contributed by atoms with van der Waals surface area (Å²) < 4.78 is 0. The lowest BCUT2D eigenvalue weighted by atomic mass is 10.3. The van der Waals surface area contributed by atoms with Crippen LogP contribution in [-0.2, 0) is 0 Å². The van der Waals surface area contributed by atoms with Crippen LogP contribution in [0.3, 0.4) is 0 Å². The van der Waals surface area contributed by atoms with Crippen LogP contribution in [0.1, 0.15) is 0 Å². The van der Waals surface area contributed by atoms with E-state index in [1.54, 1.807) is 18.2 Å².